The average Bonchev–Trinajstić information content (AvgIpc) is 3.61. The zero-order chi connectivity index (χ0) is 25.7. The molecular formula is C31H26N4O2. The summed E-state index contributed by atoms with van der Waals surface area (Å²) in [6, 6.07) is 21.8. The molecule has 1 saturated carbocycles. The first-order valence-electron chi connectivity index (χ1n) is 12.5. The Labute approximate surface area is 214 Å². The predicted octanol–water partition coefficient (Wildman–Crippen LogP) is 6.38. The zero-order valence-electron chi connectivity index (χ0n) is 20.8. The molecule has 1 aromatic heterocycles. The van der Waals surface area contributed by atoms with Crippen molar-refractivity contribution in [1.82, 2.24) is 9.97 Å². The van der Waals surface area contributed by atoms with Gasteiger partial charge in [-0.05, 0) is 79.3 Å². The summed E-state index contributed by atoms with van der Waals surface area (Å²) in [5.41, 5.74) is 3.12. The quantitative estimate of drug-likeness (QED) is 0.271. The van der Waals surface area contributed by atoms with E-state index in [1.807, 2.05) is 38.1 Å². The maximum absolute atomic E-state index is 10.4. The molecule has 4 aromatic carbocycles. The fourth-order valence-corrected chi connectivity index (χ4v) is 5.06. The van der Waals surface area contributed by atoms with Gasteiger partial charge in [0.15, 0.2) is 0 Å². The molecule has 0 bridgehead atoms. The highest BCUT2D eigenvalue weighted by Crippen LogP contribution is 2.39. The Kier molecular flexibility index (Phi) is 5.37. The molecule has 0 aliphatic heterocycles. The minimum atomic E-state index is -0.833. The summed E-state index contributed by atoms with van der Waals surface area (Å²) in [5, 5.41) is 33.9. The van der Waals surface area contributed by atoms with Crippen molar-refractivity contribution >= 4 is 32.6 Å². The number of benzene rings is 4. The van der Waals surface area contributed by atoms with E-state index >= 15 is 0 Å². The molecule has 1 aliphatic rings. The standard InChI is InChI=1S/C31H26N4O2/c1-31(2,36)14-19-8-10-23-25(12-19)26-13-22(37-17-18-6-7-18)9-11-24(26)29-28(23)34-30(35-29)27-20(15-32)4-3-5-21(27)16-33/h3-5,8-13,18,36H,6-7,14,17H2,1-2H3,(H,34,35). The number of fused-ring (bicyclic) bond motifs is 6. The Balaban J connectivity index is 1.63. The van der Waals surface area contributed by atoms with Crippen LogP contribution < -0.4 is 4.74 Å². The molecule has 6 nitrogen and oxygen atoms in total. The Morgan fingerprint density at radius 2 is 1.68 bits per heavy atom. The number of aliphatic hydroxyl groups is 1. The number of nitriles is 2. The fraction of sp³-hybridized carbons (Fsp3) is 0.258. The van der Waals surface area contributed by atoms with Crippen molar-refractivity contribution < 1.29 is 9.84 Å². The first-order valence-corrected chi connectivity index (χ1v) is 12.5. The minimum Gasteiger partial charge on any atom is -0.493 e. The summed E-state index contributed by atoms with van der Waals surface area (Å²) in [6.07, 6.45) is 2.97. The van der Waals surface area contributed by atoms with Gasteiger partial charge in [0.2, 0.25) is 0 Å². The number of rotatable bonds is 6. The summed E-state index contributed by atoms with van der Waals surface area (Å²) in [5.74, 6) is 1.97. The molecule has 0 spiro atoms. The molecule has 0 radical (unpaired) electrons. The highest BCUT2D eigenvalue weighted by atomic mass is 16.5. The lowest BCUT2D eigenvalue weighted by Crippen LogP contribution is -2.21. The number of hydrogen-bond acceptors (Lipinski definition) is 5. The van der Waals surface area contributed by atoms with Gasteiger partial charge in [-0.1, -0.05) is 24.3 Å². The third kappa shape index (κ3) is 4.27. The van der Waals surface area contributed by atoms with E-state index in [0.29, 0.717) is 34.9 Å². The number of nitrogens with one attached hydrogen (secondary N) is 1. The van der Waals surface area contributed by atoms with E-state index in [2.05, 4.69) is 29.3 Å². The van der Waals surface area contributed by atoms with E-state index in [0.717, 1.165) is 50.5 Å². The second kappa shape index (κ2) is 8.62. The van der Waals surface area contributed by atoms with Crippen molar-refractivity contribution in [1.29, 1.82) is 10.5 Å². The normalized spacial score (nSPS) is 13.6. The largest absolute Gasteiger partial charge is 0.493 e. The van der Waals surface area contributed by atoms with Crippen molar-refractivity contribution in [2.75, 3.05) is 6.61 Å². The smallest absolute Gasteiger partial charge is 0.141 e. The van der Waals surface area contributed by atoms with Crippen LogP contribution >= 0.6 is 0 Å². The van der Waals surface area contributed by atoms with Gasteiger partial charge in [-0.15, -0.1) is 0 Å². The molecular weight excluding hydrogens is 460 g/mol. The third-order valence-electron chi connectivity index (χ3n) is 6.95. The molecule has 2 N–H and O–H groups in total. The molecule has 37 heavy (non-hydrogen) atoms. The number of aromatic nitrogens is 2. The van der Waals surface area contributed by atoms with Gasteiger partial charge in [-0.2, -0.15) is 10.5 Å². The van der Waals surface area contributed by atoms with Crippen molar-refractivity contribution in [2.45, 2.75) is 38.7 Å². The topological polar surface area (TPSA) is 106 Å². The van der Waals surface area contributed by atoms with Gasteiger partial charge in [0.25, 0.3) is 0 Å². The monoisotopic (exact) mass is 486 g/mol. The number of ether oxygens (including phenoxy) is 1. The van der Waals surface area contributed by atoms with E-state index in [1.54, 1.807) is 18.2 Å². The van der Waals surface area contributed by atoms with Gasteiger partial charge >= 0.3 is 0 Å². The second-order valence-electron chi connectivity index (χ2n) is 10.6. The Morgan fingerprint density at radius 3 is 2.35 bits per heavy atom. The summed E-state index contributed by atoms with van der Waals surface area (Å²) in [4.78, 5) is 8.37. The van der Waals surface area contributed by atoms with Gasteiger partial charge in [0.1, 0.15) is 11.6 Å². The van der Waals surface area contributed by atoms with Crippen LogP contribution in [0.4, 0.5) is 0 Å². The minimum absolute atomic E-state index is 0.398. The third-order valence-corrected chi connectivity index (χ3v) is 6.95. The van der Waals surface area contributed by atoms with Crippen LogP contribution in [0.5, 0.6) is 5.75 Å². The zero-order valence-corrected chi connectivity index (χ0v) is 20.8. The highest BCUT2D eigenvalue weighted by Gasteiger charge is 2.23. The van der Waals surface area contributed by atoms with Crippen LogP contribution in [0, 0.1) is 28.6 Å². The summed E-state index contributed by atoms with van der Waals surface area (Å²) < 4.78 is 6.11. The Hall–Kier alpha value is -4.39. The van der Waals surface area contributed by atoms with E-state index in [9.17, 15) is 15.6 Å². The maximum Gasteiger partial charge on any atom is 0.141 e. The van der Waals surface area contributed by atoms with Crippen LogP contribution in [-0.2, 0) is 6.42 Å². The van der Waals surface area contributed by atoms with E-state index in [-0.39, 0.29) is 0 Å². The summed E-state index contributed by atoms with van der Waals surface area (Å²) in [7, 11) is 0. The first-order chi connectivity index (χ1) is 17.8. The highest BCUT2D eigenvalue weighted by molar-refractivity contribution is 6.24. The molecule has 5 aromatic rings. The molecule has 182 valence electrons. The predicted molar refractivity (Wildman–Crippen MR) is 144 cm³/mol. The number of hydrogen-bond donors (Lipinski definition) is 2. The van der Waals surface area contributed by atoms with Crippen molar-refractivity contribution in [2.24, 2.45) is 5.92 Å². The molecule has 0 amide bonds. The molecule has 0 unspecified atom stereocenters. The SMILES string of the molecule is CC(C)(O)Cc1ccc2c(c1)c1cc(OCC3CC3)ccc1c1[nH]c(-c3c(C#N)cccc3C#N)nc21. The molecule has 1 aliphatic carbocycles. The lowest BCUT2D eigenvalue weighted by Gasteiger charge is -2.18. The van der Waals surface area contributed by atoms with Gasteiger partial charge in [0, 0.05) is 17.2 Å². The van der Waals surface area contributed by atoms with Crippen LogP contribution in [0.2, 0.25) is 0 Å². The number of aromatic amines is 1. The lowest BCUT2D eigenvalue weighted by atomic mass is 9.93. The second-order valence-corrected chi connectivity index (χ2v) is 10.6. The Bertz CT molecular complexity index is 1740. The van der Waals surface area contributed by atoms with Gasteiger partial charge in [0.05, 0.1) is 52.1 Å². The van der Waals surface area contributed by atoms with E-state index < -0.39 is 5.60 Å². The summed E-state index contributed by atoms with van der Waals surface area (Å²) >= 11 is 0. The molecule has 6 rings (SSSR count). The molecule has 0 saturated heterocycles. The molecule has 0 atom stereocenters. The fourth-order valence-electron chi connectivity index (χ4n) is 5.06. The van der Waals surface area contributed by atoms with Crippen LogP contribution in [0.3, 0.4) is 0 Å². The average molecular weight is 487 g/mol. The van der Waals surface area contributed by atoms with Crippen molar-refractivity contribution in [3.8, 4) is 29.3 Å². The van der Waals surface area contributed by atoms with Gasteiger partial charge in [-0.25, -0.2) is 4.98 Å². The first kappa shape index (κ1) is 23.0. The number of imidazole rings is 1. The number of nitrogens with zero attached hydrogens (tertiary/aromatic N) is 3. The summed E-state index contributed by atoms with van der Waals surface area (Å²) in [6.45, 7) is 4.34. The molecule has 6 heteroatoms. The van der Waals surface area contributed by atoms with Gasteiger partial charge in [-0.3, -0.25) is 0 Å². The van der Waals surface area contributed by atoms with Crippen LogP contribution in [-0.4, -0.2) is 27.3 Å². The van der Waals surface area contributed by atoms with Crippen LogP contribution in [0.15, 0.2) is 54.6 Å². The lowest BCUT2D eigenvalue weighted by molar-refractivity contribution is 0.0810. The van der Waals surface area contributed by atoms with E-state index in [1.165, 1.54) is 12.8 Å². The molecule has 1 fully saturated rings. The van der Waals surface area contributed by atoms with Crippen molar-refractivity contribution in [3.63, 3.8) is 0 Å². The van der Waals surface area contributed by atoms with Crippen LogP contribution in [0.25, 0.3) is 44.0 Å². The number of H-pyrrole nitrogens is 1. The van der Waals surface area contributed by atoms with E-state index in [4.69, 9.17) is 9.72 Å². The van der Waals surface area contributed by atoms with Crippen molar-refractivity contribution in [3.05, 3.63) is 71.3 Å². The van der Waals surface area contributed by atoms with Crippen LogP contribution in [0.1, 0.15) is 43.4 Å². The maximum atomic E-state index is 10.4. The molecule has 1 heterocycles. The van der Waals surface area contributed by atoms with Gasteiger partial charge < -0.3 is 14.8 Å². The Morgan fingerprint density at radius 1 is 0.973 bits per heavy atom.